The van der Waals surface area contributed by atoms with Gasteiger partial charge in [-0.1, -0.05) is 0 Å². The summed E-state index contributed by atoms with van der Waals surface area (Å²) in [7, 11) is 1.51. The molecule has 7 nitrogen and oxygen atoms in total. The van der Waals surface area contributed by atoms with E-state index in [-0.39, 0.29) is 12.0 Å². The maximum absolute atomic E-state index is 12.2. The first-order chi connectivity index (χ1) is 10.3. The number of amides is 1. The molecule has 0 radical (unpaired) electrons. The molecule has 1 aliphatic heterocycles. The summed E-state index contributed by atoms with van der Waals surface area (Å²) >= 11 is 0. The maximum atomic E-state index is 12.2. The van der Waals surface area contributed by atoms with Crippen LogP contribution in [0.5, 0.6) is 11.8 Å². The number of carbonyl (C=O) groups is 1. The predicted molar refractivity (Wildman–Crippen MR) is 72.2 cm³/mol. The Balaban J connectivity index is 1.63. The smallest absolute Gasteiger partial charge is 0.278 e. The molecule has 21 heavy (non-hydrogen) atoms. The van der Waals surface area contributed by atoms with Gasteiger partial charge in [0.25, 0.3) is 17.7 Å². The molecule has 2 aromatic rings. The van der Waals surface area contributed by atoms with Crippen LogP contribution in [0.2, 0.25) is 0 Å². The zero-order valence-electron chi connectivity index (χ0n) is 11.6. The largest absolute Gasteiger partial charge is 0.477 e. The molecule has 3 heterocycles. The minimum absolute atomic E-state index is 0.0547. The first-order valence-electron chi connectivity index (χ1n) is 6.61. The van der Waals surface area contributed by atoms with Crippen LogP contribution >= 0.6 is 0 Å². The summed E-state index contributed by atoms with van der Waals surface area (Å²) < 4.78 is 15.8. The monoisotopic (exact) mass is 289 g/mol. The average Bonchev–Trinajstić information content (AvgIpc) is 3.19. The minimum Gasteiger partial charge on any atom is -0.477 e. The van der Waals surface area contributed by atoms with Crippen molar-refractivity contribution in [3.05, 3.63) is 36.5 Å². The third kappa shape index (κ3) is 2.81. The maximum Gasteiger partial charge on any atom is 0.278 e. The highest BCUT2D eigenvalue weighted by atomic mass is 16.5. The van der Waals surface area contributed by atoms with Crippen LogP contribution in [0.4, 0.5) is 0 Å². The number of carbonyl (C=O) groups excluding carboxylic acids is 1. The predicted octanol–water partition coefficient (Wildman–Crippen LogP) is 1.37. The second-order valence-corrected chi connectivity index (χ2v) is 4.66. The lowest BCUT2D eigenvalue weighted by molar-refractivity contribution is 0.0769. The molecule has 1 saturated heterocycles. The van der Waals surface area contributed by atoms with E-state index in [0.29, 0.717) is 30.4 Å². The van der Waals surface area contributed by atoms with Crippen molar-refractivity contribution in [1.82, 2.24) is 14.9 Å². The highest BCUT2D eigenvalue weighted by Crippen LogP contribution is 2.24. The van der Waals surface area contributed by atoms with Crippen molar-refractivity contribution in [2.45, 2.75) is 12.5 Å². The number of likely N-dealkylation sites (tertiary alicyclic amines) is 1. The Labute approximate surface area is 121 Å². The lowest BCUT2D eigenvalue weighted by Gasteiger charge is -2.16. The van der Waals surface area contributed by atoms with E-state index in [2.05, 4.69) is 9.97 Å². The van der Waals surface area contributed by atoms with E-state index in [4.69, 9.17) is 13.9 Å². The first kappa shape index (κ1) is 13.4. The van der Waals surface area contributed by atoms with Gasteiger partial charge in [-0.15, -0.1) is 0 Å². The van der Waals surface area contributed by atoms with Crippen molar-refractivity contribution in [2.75, 3.05) is 20.2 Å². The highest BCUT2D eigenvalue weighted by Gasteiger charge is 2.29. The van der Waals surface area contributed by atoms with E-state index < -0.39 is 0 Å². The van der Waals surface area contributed by atoms with Gasteiger partial charge in [-0.2, -0.15) is 0 Å². The van der Waals surface area contributed by atoms with E-state index in [9.17, 15) is 4.79 Å². The van der Waals surface area contributed by atoms with Crippen molar-refractivity contribution in [3.8, 4) is 11.8 Å². The van der Waals surface area contributed by atoms with Crippen LogP contribution in [-0.2, 0) is 0 Å². The molecular weight excluding hydrogens is 274 g/mol. The Morgan fingerprint density at radius 2 is 2.19 bits per heavy atom. The van der Waals surface area contributed by atoms with Crippen LogP contribution in [0.15, 0.2) is 35.4 Å². The van der Waals surface area contributed by atoms with Gasteiger partial charge in [-0.25, -0.2) is 9.97 Å². The molecule has 1 fully saturated rings. The molecule has 0 saturated carbocycles. The molecule has 0 unspecified atom stereocenters. The summed E-state index contributed by atoms with van der Waals surface area (Å²) in [6.45, 7) is 1.14. The fourth-order valence-corrected chi connectivity index (χ4v) is 2.27. The molecule has 0 aromatic carbocycles. The third-order valence-electron chi connectivity index (χ3n) is 3.31. The summed E-state index contributed by atoms with van der Waals surface area (Å²) in [5, 5.41) is 0. The molecule has 0 aliphatic carbocycles. The van der Waals surface area contributed by atoms with E-state index in [1.165, 1.54) is 25.8 Å². The van der Waals surface area contributed by atoms with E-state index in [0.717, 1.165) is 6.42 Å². The molecule has 0 N–H and O–H groups in total. The summed E-state index contributed by atoms with van der Waals surface area (Å²) in [5.74, 6) is 0.640. The molecule has 1 aliphatic rings. The number of hydrogen-bond donors (Lipinski definition) is 0. The molecule has 2 aromatic heterocycles. The number of furan rings is 1. The second kappa shape index (κ2) is 5.82. The van der Waals surface area contributed by atoms with Crippen LogP contribution in [0.3, 0.4) is 0 Å². The van der Waals surface area contributed by atoms with Crippen LogP contribution < -0.4 is 9.47 Å². The van der Waals surface area contributed by atoms with Crippen molar-refractivity contribution >= 4 is 5.91 Å². The van der Waals surface area contributed by atoms with Crippen LogP contribution in [0.1, 0.15) is 16.8 Å². The summed E-state index contributed by atoms with van der Waals surface area (Å²) in [4.78, 5) is 22.1. The van der Waals surface area contributed by atoms with E-state index in [1.807, 2.05) is 0 Å². The van der Waals surface area contributed by atoms with Crippen LogP contribution in [0, 0.1) is 0 Å². The van der Waals surface area contributed by atoms with Gasteiger partial charge in [0, 0.05) is 25.4 Å². The van der Waals surface area contributed by atoms with Crippen molar-refractivity contribution in [3.63, 3.8) is 0 Å². The molecule has 7 heteroatoms. The number of methoxy groups -OCH3 is 1. The highest BCUT2D eigenvalue weighted by molar-refractivity contribution is 5.94. The number of nitrogens with zero attached hydrogens (tertiary/aromatic N) is 3. The fourth-order valence-electron chi connectivity index (χ4n) is 2.27. The molecular formula is C14H15N3O4. The van der Waals surface area contributed by atoms with Gasteiger partial charge in [-0.05, 0) is 6.07 Å². The normalized spacial score (nSPS) is 17.8. The molecule has 1 atom stereocenters. The van der Waals surface area contributed by atoms with E-state index >= 15 is 0 Å². The average molecular weight is 289 g/mol. The van der Waals surface area contributed by atoms with Gasteiger partial charge in [0.05, 0.1) is 25.5 Å². The fraction of sp³-hybridized carbons (Fsp3) is 0.357. The molecule has 1 amide bonds. The summed E-state index contributed by atoms with van der Waals surface area (Å²) in [6.07, 6.45) is 6.63. The standard InChI is InChI=1S/C14H15N3O4/c1-19-12-13(16-5-4-15-12)21-11-2-6-17(8-11)14(18)10-3-7-20-9-10/h3-5,7,9,11H,2,6,8H2,1H3/t11-/m0/s1. The topological polar surface area (TPSA) is 77.7 Å². The lowest BCUT2D eigenvalue weighted by Crippen LogP contribution is -2.30. The van der Waals surface area contributed by atoms with Gasteiger partial charge in [0.2, 0.25) is 0 Å². The van der Waals surface area contributed by atoms with E-state index in [1.54, 1.807) is 17.2 Å². The quantitative estimate of drug-likeness (QED) is 0.846. The van der Waals surface area contributed by atoms with Gasteiger partial charge in [0.1, 0.15) is 12.4 Å². The Morgan fingerprint density at radius 3 is 2.90 bits per heavy atom. The molecule has 0 spiro atoms. The van der Waals surface area contributed by atoms with Crippen molar-refractivity contribution in [2.24, 2.45) is 0 Å². The van der Waals surface area contributed by atoms with Crippen molar-refractivity contribution < 1.29 is 18.7 Å². The number of rotatable bonds is 4. The molecule has 110 valence electrons. The molecule has 3 rings (SSSR count). The minimum atomic E-state index is -0.119. The Bertz CT molecular complexity index is 614. The first-order valence-corrected chi connectivity index (χ1v) is 6.61. The summed E-state index contributed by atoms with van der Waals surface area (Å²) in [6, 6.07) is 1.65. The van der Waals surface area contributed by atoms with Crippen LogP contribution in [-0.4, -0.2) is 47.1 Å². The summed E-state index contributed by atoms with van der Waals surface area (Å²) in [5.41, 5.74) is 0.549. The molecule has 0 bridgehead atoms. The van der Waals surface area contributed by atoms with Crippen molar-refractivity contribution in [1.29, 1.82) is 0 Å². The van der Waals surface area contributed by atoms with Gasteiger partial charge in [-0.3, -0.25) is 4.79 Å². The van der Waals surface area contributed by atoms with Gasteiger partial charge >= 0.3 is 0 Å². The Kier molecular flexibility index (Phi) is 3.72. The zero-order chi connectivity index (χ0) is 14.7. The zero-order valence-corrected chi connectivity index (χ0v) is 11.6. The Morgan fingerprint density at radius 1 is 1.38 bits per heavy atom. The third-order valence-corrected chi connectivity index (χ3v) is 3.31. The van der Waals surface area contributed by atoms with Gasteiger partial charge < -0.3 is 18.8 Å². The number of aromatic nitrogens is 2. The SMILES string of the molecule is COc1nccnc1O[C@H]1CCN(C(=O)c2ccoc2)C1. The number of hydrogen-bond acceptors (Lipinski definition) is 6. The van der Waals surface area contributed by atoms with Gasteiger partial charge in [0.15, 0.2) is 0 Å². The number of ether oxygens (including phenoxy) is 2. The lowest BCUT2D eigenvalue weighted by atomic mass is 10.3. The van der Waals surface area contributed by atoms with Crippen LogP contribution in [0.25, 0.3) is 0 Å². The second-order valence-electron chi connectivity index (χ2n) is 4.66. The Hall–Kier alpha value is -2.57.